The number of amides is 7. The summed E-state index contributed by atoms with van der Waals surface area (Å²) < 4.78 is 35.2. The zero-order valence-corrected chi connectivity index (χ0v) is 51.2. The Bertz CT molecular complexity index is 3370. The van der Waals surface area contributed by atoms with Gasteiger partial charge in [0.25, 0.3) is 11.8 Å². The third kappa shape index (κ3) is 14.4. The SMILES string of the molecule is COc1ccc(C2=CN3C(=O)c4cc(OC)c(OCCCCCOc5cc6c(cc5OC)C(=O)N5CC7(CC7)C[C@H]5[C@@H](O)N6C(=O)OCc5ccc(NC(=O)[C@H](C)NC(=O)[C@@H](NC(=O)CCCCCN6C(=O)C=CC6O)C(C)C)cc5)cc4NC[C@@H]3C2)cc1. The summed E-state index contributed by atoms with van der Waals surface area (Å²) in [5.74, 6) is -0.101. The molecule has 4 aromatic carbocycles. The number of fused-ring (bicyclic) bond motifs is 4. The molecule has 0 radical (unpaired) electrons. The fourth-order valence-electron chi connectivity index (χ4n) is 12.1. The van der Waals surface area contributed by atoms with E-state index in [2.05, 4.69) is 21.3 Å². The van der Waals surface area contributed by atoms with Gasteiger partial charge in [-0.1, -0.05) is 44.5 Å². The molecule has 6 atom stereocenters. The van der Waals surface area contributed by atoms with Gasteiger partial charge in [0.2, 0.25) is 23.6 Å². The number of nitrogens with zero attached hydrogens (tertiary/aromatic N) is 4. The van der Waals surface area contributed by atoms with Crippen molar-refractivity contribution in [3.8, 4) is 28.7 Å². The van der Waals surface area contributed by atoms with E-state index in [1.165, 1.54) is 37.2 Å². The maximum atomic E-state index is 14.4. The highest BCUT2D eigenvalue weighted by Crippen LogP contribution is 2.57. The van der Waals surface area contributed by atoms with E-state index in [1.807, 2.05) is 36.5 Å². The normalized spacial score (nSPS) is 20.1. The molecule has 1 spiro atoms. The van der Waals surface area contributed by atoms with Crippen LogP contribution in [0.2, 0.25) is 0 Å². The molecule has 23 nitrogen and oxygen atoms in total. The van der Waals surface area contributed by atoms with Gasteiger partial charge in [0.15, 0.2) is 29.2 Å². The summed E-state index contributed by atoms with van der Waals surface area (Å²) in [5, 5.41) is 33.7. The van der Waals surface area contributed by atoms with Crippen molar-refractivity contribution in [2.45, 2.75) is 135 Å². The van der Waals surface area contributed by atoms with Crippen molar-refractivity contribution in [1.82, 2.24) is 25.3 Å². The minimum Gasteiger partial charge on any atom is -0.497 e. The maximum Gasteiger partial charge on any atom is 0.416 e. The van der Waals surface area contributed by atoms with Crippen molar-refractivity contribution in [3.05, 3.63) is 113 Å². The molecule has 7 amide bonds. The number of hydrogen-bond donors (Lipinski definition) is 6. The van der Waals surface area contributed by atoms with Crippen LogP contribution in [-0.4, -0.2) is 157 Å². The van der Waals surface area contributed by atoms with E-state index in [0.717, 1.165) is 34.6 Å². The monoisotopic (exact) mass is 1220 g/mol. The lowest BCUT2D eigenvalue weighted by Crippen LogP contribution is -2.53. The molecule has 5 aliphatic heterocycles. The molecule has 6 aliphatic rings. The van der Waals surface area contributed by atoms with Crippen LogP contribution in [0.1, 0.15) is 123 Å². The minimum absolute atomic E-state index is 0.0655. The first-order valence-electron chi connectivity index (χ1n) is 30.6. The van der Waals surface area contributed by atoms with Gasteiger partial charge in [-0.2, -0.15) is 0 Å². The number of benzene rings is 4. The third-order valence-corrected chi connectivity index (χ3v) is 17.5. The number of aliphatic hydroxyl groups is 2. The predicted molar refractivity (Wildman–Crippen MR) is 329 cm³/mol. The number of anilines is 3. The van der Waals surface area contributed by atoms with Crippen molar-refractivity contribution in [2.75, 3.05) is 69.7 Å². The lowest BCUT2D eigenvalue weighted by Gasteiger charge is -2.31. The second-order valence-electron chi connectivity index (χ2n) is 24.0. The molecule has 5 heterocycles. The molecule has 1 aliphatic carbocycles. The van der Waals surface area contributed by atoms with Crippen LogP contribution in [0, 0.1) is 11.3 Å². The smallest absolute Gasteiger partial charge is 0.416 e. The molecule has 0 bridgehead atoms. The highest BCUT2D eigenvalue weighted by molar-refractivity contribution is 6.06. The van der Waals surface area contributed by atoms with Crippen LogP contribution >= 0.6 is 0 Å². The number of hydrogen-bond acceptors (Lipinski definition) is 16. The average Bonchev–Trinajstić information content (AvgIpc) is 1.62. The summed E-state index contributed by atoms with van der Waals surface area (Å²) >= 11 is 0. The first-order valence-corrected chi connectivity index (χ1v) is 30.6. The lowest BCUT2D eigenvalue weighted by atomic mass is 10.0. The fourth-order valence-corrected chi connectivity index (χ4v) is 12.1. The van der Waals surface area contributed by atoms with Gasteiger partial charge in [0, 0.05) is 56.2 Å². The van der Waals surface area contributed by atoms with Crippen molar-refractivity contribution < 1.29 is 72.2 Å². The molecule has 10 rings (SSSR count). The van der Waals surface area contributed by atoms with Crippen LogP contribution in [0.4, 0.5) is 21.9 Å². The van der Waals surface area contributed by atoms with Crippen LogP contribution in [0.3, 0.4) is 0 Å². The van der Waals surface area contributed by atoms with Crippen LogP contribution < -0.4 is 49.9 Å². The number of carbonyl (C=O) groups is 7. The third-order valence-electron chi connectivity index (χ3n) is 17.5. The number of carbonyl (C=O) groups excluding carboxylic acids is 7. The molecule has 1 unspecified atom stereocenters. The van der Waals surface area contributed by atoms with Gasteiger partial charge in [-0.15, -0.1) is 0 Å². The standard InChI is InChI=1S/C66H80N8O15/c1-39(2)59(70-56(75)13-9-7-10-26-71-57(76)22-23-58(71)77)61(79)68-40(3)60(78)69-44-18-14-41(15-19-44)37-89-65(83)74-50-33-55(53(86-6)31-48(50)63(81)73-38-66(24-25-66)34-51(73)64(74)82)88-28-12-8-11-27-87-54-32-49-47(30-52(54)85-5)62(80)72-36-43(29-45(72)35-67-49)42-16-20-46(84-4)21-17-42/h14-23,30-33,36,39-40,45,51,57,59,64,67,76,82H,7-13,24-29,34-35,37-38H2,1-6H3,(H,68,79)(H,69,78)(H,70,75)/t40-,45-,51-,57?,59-,64+/m0/s1. The second-order valence-corrected chi connectivity index (χ2v) is 24.0. The molecular formula is C66H80N8O15. The maximum absolute atomic E-state index is 14.4. The van der Waals surface area contributed by atoms with Gasteiger partial charge in [-0.3, -0.25) is 28.8 Å². The summed E-state index contributed by atoms with van der Waals surface area (Å²) in [4.78, 5) is 100. The zero-order valence-electron chi connectivity index (χ0n) is 51.2. The van der Waals surface area contributed by atoms with Gasteiger partial charge >= 0.3 is 6.09 Å². The van der Waals surface area contributed by atoms with E-state index in [1.54, 1.807) is 74.3 Å². The largest absolute Gasteiger partial charge is 0.497 e. The van der Waals surface area contributed by atoms with Crippen molar-refractivity contribution >= 4 is 64.2 Å². The number of ether oxygens (including phenoxy) is 6. The summed E-state index contributed by atoms with van der Waals surface area (Å²) in [6, 6.07) is 18.4. The molecule has 2 fully saturated rings. The van der Waals surface area contributed by atoms with E-state index < -0.39 is 48.5 Å². The molecule has 474 valence electrons. The Balaban J connectivity index is 0.711. The van der Waals surface area contributed by atoms with Crippen molar-refractivity contribution in [3.63, 3.8) is 0 Å². The average molecular weight is 1230 g/mol. The number of unbranched alkanes of at least 4 members (excludes halogenated alkanes) is 4. The summed E-state index contributed by atoms with van der Waals surface area (Å²) in [6.07, 6.45) is 8.34. The molecule has 89 heavy (non-hydrogen) atoms. The van der Waals surface area contributed by atoms with E-state index >= 15 is 0 Å². The number of methoxy groups -OCH3 is 3. The molecule has 0 aromatic heterocycles. The number of rotatable bonds is 26. The molecule has 1 saturated carbocycles. The van der Waals surface area contributed by atoms with Gasteiger partial charge in [-0.25, -0.2) is 9.69 Å². The Morgan fingerprint density at radius 2 is 1.44 bits per heavy atom. The van der Waals surface area contributed by atoms with Crippen LogP contribution in [0.15, 0.2) is 91.1 Å². The molecule has 23 heteroatoms. The molecule has 6 N–H and O–H groups in total. The van der Waals surface area contributed by atoms with E-state index in [-0.39, 0.29) is 83.4 Å². The Morgan fingerprint density at radius 3 is 2.09 bits per heavy atom. The first-order chi connectivity index (χ1) is 42.9. The van der Waals surface area contributed by atoms with Crippen LogP contribution in [-0.2, 0) is 30.5 Å². The van der Waals surface area contributed by atoms with E-state index in [9.17, 15) is 43.8 Å². The van der Waals surface area contributed by atoms with E-state index in [0.29, 0.717) is 112 Å². The minimum atomic E-state index is -1.45. The van der Waals surface area contributed by atoms with Gasteiger partial charge < -0.3 is 74.6 Å². The van der Waals surface area contributed by atoms with Crippen molar-refractivity contribution in [2.24, 2.45) is 11.3 Å². The van der Waals surface area contributed by atoms with Crippen molar-refractivity contribution in [1.29, 1.82) is 0 Å². The highest BCUT2D eigenvalue weighted by atomic mass is 16.6. The lowest BCUT2D eigenvalue weighted by molar-refractivity contribution is -0.132. The van der Waals surface area contributed by atoms with Gasteiger partial charge in [0.05, 0.1) is 69.1 Å². The van der Waals surface area contributed by atoms with Gasteiger partial charge in [-0.05, 0) is 135 Å². The van der Waals surface area contributed by atoms with E-state index in [4.69, 9.17) is 28.4 Å². The Labute approximate surface area is 517 Å². The fraction of sp³-hybridized carbons (Fsp3) is 0.470. The molecular weight excluding hydrogens is 1140 g/mol. The Hall–Kier alpha value is -8.83. The summed E-state index contributed by atoms with van der Waals surface area (Å²) in [6.45, 7) is 6.85. The quantitative estimate of drug-likeness (QED) is 0.0335. The van der Waals surface area contributed by atoms with Crippen LogP contribution in [0.25, 0.3) is 5.57 Å². The Kier molecular flexibility index (Phi) is 19.7. The Morgan fingerprint density at radius 1 is 0.753 bits per heavy atom. The first kappa shape index (κ1) is 63.2. The van der Waals surface area contributed by atoms with Gasteiger partial charge in [0.1, 0.15) is 30.7 Å². The summed E-state index contributed by atoms with van der Waals surface area (Å²) in [7, 11) is 4.64. The number of aliphatic hydroxyl groups excluding tert-OH is 2. The predicted octanol–water partition coefficient (Wildman–Crippen LogP) is 7.35. The number of nitrogens with one attached hydrogen (secondary N) is 4. The highest BCUT2D eigenvalue weighted by Gasteiger charge is 2.58. The molecule has 4 aromatic rings. The summed E-state index contributed by atoms with van der Waals surface area (Å²) in [5.41, 5.74) is 4.37. The topological polar surface area (TPSA) is 276 Å². The van der Waals surface area contributed by atoms with Crippen LogP contribution in [0.5, 0.6) is 28.7 Å². The zero-order chi connectivity index (χ0) is 63.1. The second kappa shape index (κ2) is 27.7. The molecule has 1 saturated heterocycles.